The van der Waals surface area contributed by atoms with E-state index in [2.05, 4.69) is 53.0 Å². The molecule has 0 aliphatic rings. The molecule has 0 amide bonds. The van der Waals surface area contributed by atoms with Crippen molar-refractivity contribution in [1.82, 2.24) is 9.88 Å². The molecule has 2 rings (SSSR count). The number of nitrogens with zero attached hydrogens (tertiary/aromatic N) is 2. The van der Waals surface area contributed by atoms with Crippen LogP contribution >= 0.6 is 0 Å². The molecule has 2 N–H and O–H groups in total. The van der Waals surface area contributed by atoms with Gasteiger partial charge < -0.3 is 10.6 Å². The Morgan fingerprint density at radius 3 is 2.71 bits per heavy atom. The molecule has 0 aliphatic heterocycles. The van der Waals surface area contributed by atoms with Crippen LogP contribution in [0.2, 0.25) is 0 Å². The molecule has 108 valence electrons. The molecule has 21 heavy (non-hydrogen) atoms. The molecular weight excluding hydrogens is 258 g/mol. The van der Waals surface area contributed by atoms with Crippen LogP contribution in [0.3, 0.4) is 0 Å². The standard InChI is InChI=1S/C18H21N3/c1-21(13-9-16-7-11-20-12-8-16)15-18-5-2-4-17(14-18)6-3-10-19/h2,4-5,7-8,11-12,14H,9-10,13,15,19H2,1H3. The van der Waals surface area contributed by atoms with Gasteiger partial charge in [-0.2, -0.15) is 0 Å². The number of hydrogen-bond acceptors (Lipinski definition) is 3. The summed E-state index contributed by atoms with van der Waals surface area (Å²) >= 11 is 0. The van der Waals surface area contributed by atoms with Gasteiger partial charge in [0.15, 0.2) is 0 Å². The molecule has 0 saturated heterocycles. The largest absolute Gasteiger partial charge is 0.320 e. The Kier molecular flexibility index (Phi) is 5.96. The number of nitrogens with two attached hydrogens (primary N) is 1. The second kappa shape index (κ2) is 8.21. The van der Waals surface area contributed by atoms with Crippen molar-refractivity contribution in [2.75, 3.05) is 20.1 Å². The summed E-state index contributed by atoms with van der Waals surface area (Å²) in [7, 11) is 2.14. The number of likely N-dealkylation sites (N-methyl/N-ethyl adjacent to an activating group) is 1. The second-order valence-corrected chi connectivity index (χ2v) is 5.05. The van der Waals surface area contributed by atoms with Crippen LogP contribution in [-0.2, 0) is 13.0 Å². The maximum absolute atomic E-state index is 5.40. The molecule has 1 aromatic carbocycles. The fourth-order valence-corrected chi connectivity index (χ4v) is 2.16. The van der Waals surface area contributed by atoms with E-state index in [4.69, 9.17) is 5.73 Å². The van der Waals surface area contributed by atoms with Crippen LogP contribution < -0.4 is 5.73 Å². The van der Waals surface area contributed by atoms with Gasteiger partial charge in [-0.25, -0.2) is 0 Å². The normalized spacial score (nSPS) is 10.2. The Labute approximate surface area is 126 Å². The minimum atomic E-state index is 0.399. The predicted molar refractivity (Wildman–Crippen MR) is 86.6 cm³/mol. The van der Waals surface area contributed by atoms with Crippen LogP contribution in [0.5, 0.6) is 0 Å². The van der Waals surface area contributed by atoms with Gasteiger partial charge in [-0.05, 0) is 48.9 Å². The van der Waals surface area contributed by atoms with Gasteiger partial charge in [-0.1, -0.05) is 24.0 Å². The number of aromatic nitrogens is 1. The first-order valence-electron chi connectivity index (χ1n) is 7.13. The van der Waals surface area contributed by atoms with E-state index in [-0.39, 0.29) is 0 Å². The van der Waals surface area contributed by atoms with E-state index in [1.807, 2.05) is 24.5 Å². The lowest BCUT2D eigenvalue weighted by atomic mass is 10.1. The van der Waals surface area contributed by atoms with Crippen LogP contribution in [0.25, 0.3) is 0 Å². The Bertz CT molecular complexity index is 611. The Hall–Kier alpha value is -2.15. The number of rotatable bonds is 5. The summed E-state index contributed by atoms with van der Waals surface area (Å²) < 4.78 is 0. The van der Waals surface area contributed by atoms with E-state index in [1.54, 1.807) is 0 Å². The zero-order chi connectivity index (χ0) is 14.9. The number of pyridine rings is 1. The fraction of sp³-hybridized carbons (Fsp3) is 0.278. The molecule has 3 nitrogen and oxygen atoms in total. The van der Waals surface area contributed by atoms with Gasteiger partial charge >= 0.3 is 0 Å². The smallest absolute Gasteiger partial charge is 0.0555 e. The summed E-state index contributed by atoms with van der Waals surface area (Å²) in [6, 6.07) is 12.5. The third-order valence-electron chi connectivity index (χ3n) is 3.25. The van der Waals surface area contributed by atoms with Crippen LogP contribution in [0, 0.1) is 11.8 Å². The average Bonchev–Trinajstić information content (AvgIpc) is 2.52. The summed E-state index contributed by atoms with van der Waals surface area (Å²) in [6.45, 7) is 2.34. The van der Waals surface area contributed by atoms with Gasteiger partial charge in [0.1, 0.15) is 0 Å². The highest BCUT2D eigenvalue weighted by Crippen LogP contribution is 2.08. The van der Waals surface area contributed by atoms with Crippen LogP contribution in [0.1, 0.15) is 16.7 Å². The van der Waals surface area contributed by atoms with Crippen molar-refractivity contribution < 1.29 is 0 Å². The molecule has 0 unspecified atom stereocenters. The van der Waals surface area contributed by atoms with E-state index in [9.17, 15) is 0 Å². The molecule has 1 aromatic heterocycles. The molecule has 0 atom stereocenters. The summed E-state index contributed by atoms with van der Waals surface area (Å²) in [6.07, 6.45) is 4.72. The highest BCUT2D eigenvalue weighted by molar-refractivity contribution is 5.37. The lowest BCUT2D eigenvalue weighted by molar-refractivity contribution is 0.331. The molecule has 0 fully saturated rings. The zero-order valence-electron chi connectivity index (χ0n) is 12.4. The van der Waals surface area contributed by atoms with Crippen LogP contribution in [0.4, 0.5) is 0 Å². The molecule has 1 heterocycles. The quantitative estimate of drug-likeness (QED) is 0.852. The van der Waals surface area contributed by atoms with Gasteiger partial charge in [0.05, 0.1) is 6.54 Å². The fourth-order valence-electron chi connectivity index (χ4n) is 2.16. The molecule has 0 spiro atoms. The Morgan fingerprint density at radius 2 is 1.95 bits per heavy atom. The Morgan fingerprint density at radius 1 is 1.14 bits per heavy atom. The van der Waals surface area contributed by atoms with E-state index < -0.39 is 0 Å². The molecule has 0 aliphatic carbocycles. The minimum Gasteiger partial charge on any atom is -0.320 e. The second-order valence-electron chi connectivity index (χ2n) is 5.05. The van der Waals surface area contributed by atoms with Crippen molar-refractivity contribution in [3.05, 3.63) is 65.5 Å². The Balaban J connectivity index is 1.89. The van der Waals surface area contributed by atoms with Crippen molar-refractivity contribution >= 4 is 0 Å². The van der Waals surface area contributed by atoms with Crippen LogP contribution in [0.15, 0.2) is 48.8 Å². The lowest BCUT2D eigenvalue weighted by Crippen LogP contribution is -2.20. The highest BCUT2D eigenvalue weighted by atomic mass is 15.1. The molecule has 3 heteroatoms. The molecule has 0 saturated carbocycles. The van der Waals surface area contributed by atoms with Crippen LogP contribution in [-0.4, -0.2) is 30.0 Å². The minimum absolute atomic E-state index is 0.399. The maximum Gasteiger partial charge on any atom is 0.0555 e. The first-order chi connectivity index (χ1) is 10.3. The summed E-state index contributed by atoms with van der Waals surface area (Å²) in [5.41, 5.74) is 9.02. The summed E-state index contributed by atoms with van der Waals surface area (Å²) in [5.74, 6) is 5.97. The van der Waals surface area contributed by atoms with E-state index in [0.717, 1.165) is 25.1 Å². The van der Waals surface area contributed by atoms with Gasteiger partial charge in [-0.3, -0.25) is 4.98 Å². The van der Waals surface area contributed by atoms with Gasteiger partial charge in [0.25, 0.3) is 0 Å². The monoisotopic (exact) mass is 279 g/mol. The zero-order valence-corrected chi connectivity index (χ0v) is 12.4. The summed E-state index contributed by atoms with van der Waals surface area (Å²) in [4.78, 5) is 6.35. The number of hydrogen-bond donors (Lipinski definition) is 1. The third kappa shape index (κ3) is 5.39. The van der Waals surface area contributed by atoms with E-state index >= 15 is 0 Å². The van der Waals surface area contributed by atoms with Crippen molar-refractivity contribution in [1.29, 1.82) is 0 Å². The summed E-state index contributed by atoms with van der Waals surface area (Å²) in [5, 5.41) is 0. The van der Waals surface area contributed by atoms with E-state index in [0.29, 0.717) is 6.54 Å². The molecular formula is C18H21N3. The van der Waals surface area contributed by atoms with Crippen molar-refractivity contribution in [3.63, 3.8) is 0 Å². The molecule has 0 radical (unpaired) electrons. The van der Waals surface area contributed by atoms with Gasteiger partial charge in [0.2, 0.25) is 0 Å². The highest BCUT2D eigenvalue weighted by Gasteiger charge is 2.02. The lowest BCUT2D eigenvalue weighted by Gasteiger charge is -2.16. The topological polar surface area (TPSA) is 42.2 Å². The average molecular weight is 279 g/mol. The van der Waals surface area contributed by atoms with Gasteiger partial charge in [0, 0.05) is 31.0 Å². The first kappa shape index (κ1) is 15.2. The van der Waals surface area contributed by atoms with Crippen molar-refractivity contribution in [2.45, 2.75) is 13.0 Å². The molecule has 2 aromatic rings. The number of benzene rings is 1. The van der Waals surface area contributed by atoms with Crippen molar-refractivity contribution in [2.24, 2.45) is 5.73 Å². The maximum atomic E-state index is 5.40. The third-order valence-corrected chi connectivity index (χ3v) is 3.25. The SMILES string of the molecule is CN(CCc1ccncc1)Cc1cccc(C#CCN)c1. The van der Waals surface area contributed by atoms with Crippen molar-refractivity contribution in [3.8, 4) is 11.8 Å². The first-order valence-corrected chi connectivity index (χ1v) is 7.13. The van der Waals surface area contributed by atoms with E-state index in [1.165, 1.54) is 11.1 Å². The van der Waals surface area contributed by atoms with Gasteiger partial charge in [-0.15, -0.1) is 0 Å². The molecule has 0 bridgehead atoms. The predicted octanol–water partition coefficient (Wildman–Crippen LogP) is 2.07.